The summed E-state index contributed by atoms with van der Waals surface area (Å²) in [6, 6.07) is 3.80. The summed E-state index contributed by atoms with van der Waals surface area (Å²) in [5.74, 6) is 0. The first-order chi connectivity index (χ1) is 4.97. The highest BCUT2D eigenvalue weighted by Crippen LogP contribution is 2.02. The number of hydrogen-bond donors (Lipinski definition) is 0. The van der Waals surface area contributed by atoms with E-state index < -0.39 is 0 Å². The Morgan fingerprint density at radius 2 is 2.09 bits per heavy atom. The van der Waals surface area contributed by atoms with E-state index in [0.717, 1.165) is 11.0 Å². The molecule has 56 valence electrons. The molecular formula is C7H8N3P. The normalized spacial score (nSPS) is 9.09. The van der Waals surface area contributed by atoms with Crippen LogP contribution in [0.15, 0.2) is 30.9 Å². The molecule has 0 amide bonds. The molecule has 2 aromatic rings. The topological polar surface area (TPSA) is 38.7 Å². The molecule has 2 heterocycles. The average molecular weight is 165 g/mol. The number of pyridine rings is 1. The average Bonchev–Trinajstić information content (AvgIpc) is 2.05. The molecule has 1 atom stereocenters. The van der Waals surface area contributed by atoms with Crippen LogP contribution in [0, 0.1) is 0 Å². The Kier molecular flexibility index (Phi) is 2.44. The Morgan fingerprint density at radius 3 is 2.91 bits per heavy atom. The van der Waals surface area contributed by atoms with Crippen LogP contribution in [0.3, 0.4) is 0 Å². The Hall–Kier alpha value is -1.08. The zero-order chi connectivity index (χ0) is 6.81. The van der Waals surface area contributed by atoms with Gasteiger partial charge < -0.3 is 0 Å². The molecule has 3 nitrogen and oxygen atoms in total. The van der Waals surface area contributed by atoms with E-state index in [-0.39, 0.29) is 9.90 Å². The summed E-state index contributed by atoms with van der Waals surface area (Å²) in [5, 5.41) is 0.977. The molecule has 0 fully saturated rings. The Balaban J connectivity index is 0.000000605. The maximum atomic E-state index is 4.03. The summed E-state index contributed by atoms with van der Waals surface area (Å²) in [7, 11) is 0. The van der Waals surface area contributed by atoms with Gasteiger partial charge in [0.15, 0.2) is 5.65 Å². The van der Waals surface area contributed by atoms with Crippen molar-refractivity contribution in [3.63, 3.8) is 0 Å². The van der Waals surface area contributed by atoms with Crippen LogP contribution in [0.4, 0.5) is 0 Å². The van der Waals surface area contributed by atoms with E-state index in [9.17, 15) is 0 Å². The molecule has 0 N–H and O–H groups in total. The quantitative estimate of drug-likeness (QED) is 0.548. The van der Waals surface area contributed by atoms with Crippen LogP contribution in [0.1, 0.15) is 0 Å². The fraction of sp³-hybridized carbons (Fsp3) is 0. The minimum Gasteiger partial charge on any atom is -0.244 e. The van der Waals surface area contributed by atoms with E-state index in [2.05, 4.69) is 15.0 Å². The SMILES string of the molecule is P.c1cnc2ncncc2c1. The maximum Gasteiger partial charge on any atom is 0.162 e. The highest BCUT2D eigenvalue weighted by atomic mass is 31.0. The minimum absolute atomic E-state index is 0. The third-order valence-electron chi connectivity index (χ3n) is 1.28. The van der Waals surface area contributed by atoms with Gasteiger partial charge in [0.1, 0.15) is 6.33 Å². The van der Waals surface area contributed by atoms with Gasteiger partial charge >= 0.3 is 0 Å². The molecule has 11 heavy (non-hydrogen) atoms. The van der Waals surface area contributed by atoms with Gasteiger partial charge in [0.25, 0.3) is 0 Å². The predicted molar refractivity (Wildman–Crippen MR) is 48.4 cm³/mol. The molecule has 0 saturated heterocycles. The molecule has 0 aromatic carbocycles. The molecule has 2 aromatic heterocycles. The van der Waals surface area contributed by atoms with Crippen molar-refractivity contribution in [2.75, 3.05) is 0 Å². The molecule has 0 radical (unpaired) electrons. The summed E-state index contributed by atoms with van der Waals surface area (Å²) in [4.78, 5) is 11.9. The van der Waals surface area contributed by atoms with Crippen molar-refractivity contribution in [2.24, 2.45) is 0 Å². The molecule has 4 heteroatoms. The largest absolute Gasteiger partial charge is 0.244 e. The monoisotopic (exact) mass is 165 g/mol. The summed E-state index contributed by atoms with van der Waals surface area (Å²) in [6.07, 6.45) is 4.96. The second kappa shape index (κ2) is 3.35. The van der Waals surface area contributed by atoms with Crippen LogP contribution in [0.25, 0.3) is 11.0 Å². The first-order valence-electron chi connectivity index (χ1n) is 2.97. The molecular weight excluding hydrogens is 157 g/mol. The van der Waals surface area contributed by atoms with Crippen LogP contribution >= 0.6 is 9.90 Å². The van der Waals surface area contributed by atoms with Gasteiger partial charge in [-0.15, -0.1) is 0 Å². The van der Waals surface area contributed by atoms with Crippen LogP contribution in [-0.4, -0.2) is 15.0 Å². The fourth-order valence-electron chi connectivity index (χ4n) is 0.820. The molecule has 0 aliphatic heterocycles. The van der Waals surface area contributed by atoms with Crippen molar-refractivity contribution >= 4 is 20.9 Å². The molecule has 1 unspecified atom stereocenters. The lowest BCUT2D eigenvalue weighted by molar-refractivity contribution is 1.18. The molecule has 0 bridgehead atoms. The highest BCUT2D eigenvalue weighted by molar-refractivity contribution is 6.92. The standard InChI is InChI=1S/C7H5N3.H3P/c1-2-6-4-8-5-10-7(6)9-3-1;/h1-5H;1H3. The van der Waals surface area contributed by atoms with E-state index in [1.54, 1.807) is 12.4 Å². The van der Waals surface area contributed by atoms with Crippen molar-refractivity contribution in [2.45, 2.75) is 0 Å². The van der Waals surface area contributed by atoms with Gasteiger partial charge in [-0.05, 0) is 12.1 Å². The van der Waals surface area contributed by atoms with Gasteiger partial charge in [0.05, 0.1) is 0 Å². The lowest BCUT2D eigenvalue weighted by Crippen LogP contribution is -1.82. The van der Waals surface area contributed by atoms with Crippen molar-refractivity contribution in [1.82, 2.24) is 15.0 Å². The maximum absolute atomic E-state index is 4.03. The van der Waals surface area contributed by atoms with Gasteiger partial charge in [-0.2, -0.15) is 9.90 Å². The number of fused-ring (bicyclic) bond motifs is 1. The Bertz CT molecular complexity index is 285. The smallest absolute Gasteiger partial charge is 0.162 e. The molecule has 0 spiro atoms. The molecule has 0 saturated carbocycles. The summed E-state index contributed by atoms with van der Waals surface area (Å²) in [5.41, 5.74) is 0.748. The van der Waals surface area contributed by atoms with Crippen molar-refractivity contribution in [1.29, 1.82) is 0 Å². The Labute approximate surface area is 67.5 Å². The Morgan fingerprint density at radius 1 is 1.18 bits per heavy atom. The van der Waals surface area contributed by atoms with Gasteiger partial charge in [0, 0.05) is 17.8 Å². The first kappa shape index (κ1) is 8.02. The van der Waals surface area contributed by atoms with Crippen LogP contribution in [0.5, 0.6) is 0 Å². The minimum atomic E-state index is 0. The van der Waals surface area contributed by atoms with Crippen LogP contribution < -0.4 is 0 Å². The number of rotatable bonds is 0. The predicted octanol–water partition coefficient (Wildman–Crippen LogP) is 1.08. The van der Waals surface area contributed by atoms with Gasteiger partial charge in [-0.3, -0.25) is 0 Å². The second-order valence-corrected chi connectivity index (χ2v) is 1.94. The molecule has 0 aliphatic rings. The van der Waals surface area contributed by atoms with Gasteiger partial charge in [0.2, 0.25) is 0 Å². The first-order valence-corrected chi connectivity index (χ1v) is 2.97. The second-order valence-electron chi connectivity index (χ2n) is 1.94. The zero-order valence-electron chi connectivity index (χ0n) is 5.94. The lowest BCUT2D eigenvalue weighted by atomic mass is 10.3. The third-order valence-corrected chi connectivity index (χ3v) is 1.28. The van der Waals surface area contributed by atoms with E-state index in [4.69, 9.17) is 0 Å². The van der Waals surface area contributed by atoms with Gasteiger partial charge in [-0.25, -0.2) is 15.0 Å². The highest BCUT2D eigenvalue weighted by Gasteiger charge is 1.89. The van der Waals surface area contributed by atoms with E-state index in [0.29, 0.717) is 0 Å². The van der Waals surface area contributed by atoms with Crippen molar-refractivity contribution in [3.05, 3.63) is 30.9 Å². The van der Waals surface area contributed by atoms with E-state index in [1.165, 1.54) is 6.33 Å². The lowest BCUT2D eigenvalue weighted by Gasteiger charge is -1.89. The summed E-state index contributed by atoms with van der Waals surface area (Å²) in [6.45, 7) is 0. The van der Waals surface area contributed by atoms with Crippen LogP contribution in [-0.2, 0) is 0 Å². The van der Waals surface area contributed by atoms with Crippen molar-refractivity contribution in [3.8, 4) is 0 Å². The van der Waals surface area contributed by atoms with Gasteiger partial charge in [-0.1, -0.05) is 0 Å². The molecule has 2 rings (SSSR count). The van der Waals surface area contributed by atoms with Crippen LogP contribution in [0.2, 0.25) is 0 Å². The summed E-state index contributed by atoms with van der Waals surface area (Å²) < 4.78 is 0. The fourth-order valence-corrected chi connectivity index (χ4v) is 0.820. The summed E-state index contributed by atoms with van der Waals surface area (Å²) >= 11 is 0. The zero-order valence-corrected chi connectivity index (χ0v) is 7.35. The third kappa shape index (κ3) is 1.49. The number of nitrogens with zero attached hydrogens (tertiary/aromatic N) is 3. The van der Waals surface area contributed by atoms with E-state index >= 15 is 0 Å². The number of hydrogen-bond acceptors (Lipinski definition) is 3. The number of aromatic nitrogens is 3. The molecule has 0 aliphatic carbocycles. The van der Waals surface area contributed by atoms with Crippen molar-refractivity contribution < 1.29 is 0 Å². The van der Waals surface area contributed by atoms with E-state index in [1.807, 2.05) is 12.1 Å².